The van der Waals surface area contributed by atoms with Crippen LogP contribution in [0.25, 0.3) is 0 Å². The summed E-state index contributed by atoms with van der Waals surface area (Å²) in [5, 5.41) is 3.31. The van der Waals surface area contributed by atoms with E-state index < -0.39 is 8.80 Å². The Hall–Kier alpha value is -0.473. The van der Waals surface area contributed by atoms with Crippen molar-refractivity contribution in [1.82, 2.24) is 5.32 Å². The van der Waals surface area contributed by atoms with Crippen LogP contribution >= 0.6 is 0 Å². The molecule has 0 rings (SSSR count). The molecule has 0 aliphatic rings. The highest BCUT2D eigenvalue weighted by Gasteiger charge is 2.36. The molecule has 0 heterocycles. The van der Waals surface area contributed by atoms with Gasteiger partial charge in [-0.05, 0) is 39.3 Å². The lowest BCUT2D eigenvalue weighted by atomic mass is 10.3. The second kappa shape index (κ2) is 12.3. The van der Waals surface area contributed by atoms with Crippen LogP contribution in [-0.4, -0.2) is 55.8 Å². The molecule has 0 fully saturated rings. The molecule has 0 aromatic heterocycles. The third-order valence-corrected chi connectivity index (χ3v) is 5.89. The number of carbonyl (C=O) groups excluding carboxylic acids is 1. The third-order valence-electron chi connectivity index (χ3n) is 3.06. The molecule has 0 aliphatic carbocycles. The van der Waals surface area contributed by atoms with Crippen molar-refractivity contribution in [1.29, 1.82) is 0 Å². The summed E-state index contributed by atoms with van der Waals surface area (Å²) >= 11 is 0. The second-order valence-electron chi connectivity index (χ2n) is 4.41. The summed E-state index contributed by atoms with van der Waals surface area (Å²) < 4.78 is 20.9. The van der Waals surface area contributed by atoms with Gasteiger partial charge >= 0.3 is 14.8 Å². The molecule has 0 aliphatic heterocycles. The Balaban J connectivity index is 3.47. The summed E-state index contributed by atoms with van der Waals surface area (Å²) in [6, 6.07) is 0.820. The van der Waals surface area contributed by atoms with Crippen LogP contribution in [-0.2, 0) is 22.8 Å². The Morgan fingerprint density at radius 1 is 1.00 bits per heavy atom. The molecule has 20 heavy (non-hydrogen) atoms. The van der Waals surface area contributed by atoms with Crippen LogP contribution in [0.15, 0.2) is 0 Å². The highest BCUT2D eigenvalue weighted by atomic mass is 28.4. The van der Waals surface area contributed by atoms with E-state index in [1.165, 1.54) is 0 Å². The van der Waals surface area contributed by atoms with E-state index in [2.05, 4.69) is 5.32 Å². The van der Waals surface area contributed by atoms with Gasteiger partial charge in [0, 0.05) is 33.8 Å². The average Bonchev–Trinajstić information content (AvgIpc) is 2.47. The highest BCUT2D eigenvalue weighted by molar-refractivity contribution is 6.60. The number of hydrogen-bond donors (Lipinski definition) is 1. The maximum absolute atomic E-state index is 11.1. The molecule has 0 radical (unpaired) electrons. The quantitative estimate of drug-likeness (QED) is 0.316. The number of esters is 1. The number of rotatable bonds is 13. The van der Waals surface area contributed by atoms with E-state index in [0.29, 0.717) is 13.0 Å². The fourth-order valence-electron chi connectivity index (χ4n) is 1.86. The van der Waals surface area contributed by atoms with Crippen molar-refractivity contribution in [3.05, 3.63) is 0 Å². The van der Waals surface area contributed by atoms with Gasteiger partial charge in [0.05, 0.1) is 6.61 Å². The Morgan fingerprint density at radius 2 is 1.60 bits per heavy atom. The molecule has 7 heteroatoms. The maximum atomic E-state index is 11.1. The summed E-state index contributed by atoms with van der Waals surface area (Å²) in [6.07, 6.45) is 3.32. The largest absolute Gasteiger partial charge is 0.500 e. The normalized spacial score (nSPS) is 11.6. The average molecular weight is 307 g/mol. The van der Waals surface area contributed by atoms with Gasteiger partial charge in [-0.3, -0.25) is 4.79 Å². The van der Waals surface area contributed by atoms with Gasteiger partial charge in [-0.1, -0.05) is 0 Å². The van der Waals surface area contributed by atoms with Gasteiger partial charge in [0.15, 0.2) is 0 Å². The van der Waals surface area contributed by atoms with Crippen LogP contribution in [0.4, 0.5) is 0 Å². The van der Waals surface area contributed by atoms with E-state index in [0.717, 1.165) is 38.4 Å². The lowest BCUT2D eigenvalue weighted by Gasteiger charge is -2.24. The molecule has 120 valence electrons. The van der Waals surface area contributed by atoms with E-state index in [-0.39, 0.29) is 5.97 Å². The predicted molar refractivity (Wildman–Crippen MR) is 79.6 cm³/mol. The first-order valence-electron chi connectivity index (χ1n) is 7.16. The van der Waals surface area contributed by atoms with E-state index in [4.69, 9.17) is 18.0 Å². The first-order valence-corrected chi connectivity index (χ1v) is 9.09. The fourth-order valence-corrected chi connectivity index (χ4v) is 3.66. The zero-order valence-electron chi connectivity index (χ0n) is 13.2. The van der Waals surface area contributed by atoms with Crippen molar-refractivity contribution >= 4 is 14.8 Å². The summed E-state index contributed by atoms with van der Waals surface area (Å²) in [5.41, 5.74) is 0. The molecule has 1 N–H and O–H groups in total. The minimum atomic E-state index is -2.41. The van der Waals surface area contributed by atoms with E-state index in [1.54, 1.807) is 21.3 Å². The number of ether oxygens (including phenoxy) is 1. The van der Waals surface area contributed by atoms with Crippen molar-refractivity contribution in [3.8, 4) is 0 Å². The first-order chi connectivity index (χ1) is 9.64. The SMILES string of the molecule is CCOC(=O)CCCNCCCC[Si](OC)(OC)OC. The smallest absolute Gasteiger partial charge is 0.466 e. The van der Waals surface area contributed by atoms with Gasteiger partial charge in [0.2, 0.25) is 0 Å². The van der Waals surface area contributed by atoms with Crippen LogP contribution in [0.5, 0.6) is 0 Å². The molecular weight excluding hydrogens is 278 g/mol. The molecule has 0 bridgehead atoms. The number of carbonyl (C=O) groups is 1. The van der Waals surface area contributed by atoms with Crippen molar-refractivity contribution in [2.24, 2.45) is 0 Å². The molecule has 0 unspecified atom stereocenters. The van der Waals surface area contributed by atoms with Crippen LogP contribution in [0.2, 0.25) is 6.04 Å². The summed E-state index contributed by atoms with van der Waals surface area (Å²) in [4.78, 5) is 11.1. The molecule has 0 amide bonds. The Kier molecular flexibility index (Phi) is 12.0. The zero-order valence-corrected chi connectivity index (χ0v) is 14.2. The first kappa shape index (κ1) is 19.5. The molecule has 0 atom stereocenters. The third kappa shape index (κ3) is 8.65. The van der Waals surface area contributed by atoms with Crippen molar-refractivity contribution in [2.45, 2.75) is 38.7 Å². The lowest BCUT2D eigenvalue weighted by Crippen LogP contribution is -2.42. The number of nitrogens with one attached hydrogen (secondary N) is 1. The standard InChI is InChI=1S/C13H29NO5Si/c1-5-19-13(15)9-8-11-14-10-6-7-12-20(16-2,17-3)18-4/h14H,5-12H2,1-4H3. The highest BCUT2D eigenvalue weighted by Crippen LogP contribution is 2.15. The number of hydrogen-bond acceptors (Lipinski definition) is 6. The molecule has 0 aromatic rings. The molecule has 0 aromatic carbocycles. The van der Waals surface area contributed by atoms with Gasteiger partial charge < -0.3 is 23.3 Å². The second-order valence-corrected chi connectivity index (χ2v) is 7.50. The lowest BCUT2D eigenvalue weighted by molar-refractivity contribution is -0.143. The molecular formula is C13H29NO5Si. The van der Waals surface area contributed by atoms with Gasteiger partial charge in [-0.15, -0.1) is 0 Å². The van der Waals surface area contributed by atoms with Crippen LogP contribution in [0, 0.1) is 0 Å². The molecule has 0 saturated carbocycles. The summed E-state index contributed by atoms with van der Waals surface area (Å²) in [5.74, 6) is -0.120. The van der Waals surface area contributed by atoms with Crippen molar-refractivity contribution in [3.63, 3.8) is 0 Å². The topological polar surface area (TPSA) is 66.0 Å². The fraction of sp³-hybridized carbons (Fsp3) is 0.923. The predicted octanol–water partition coefficient (Wildman–Crippen LogP) is 1.58. The van der Waals surface area contributed by atoms with Crippen LogP contribution < -0.4 is 5.32 Å². The van der Waals surface area contributed by atoms with E-state index >= 15 is 0 Å². The maximum Gasteiger partial charge on any atom is 0.500 e. The Morgan fingerprint density at radius 3 is 2.15 bits per heavy atom. The summed E-state index contributed by atoms with van der Waals surface area (Å²) in [6.45, 7) is 4.03. The molecule has 6 nitrogen and oxygen atoms in total. The Labute approximate surface area is 123 Å². The van der Waals surface area contributed by atoms with Crippen LogP contribution in [0.3, 0.4) is 0 Å². The van der Waals surface area contributed by atoms with Crippen molar-refractivity contribution in [2.75, 3.05) is 41.0 Å². The molecule has 0 spiro atoms. The minimum Gasteiger partial charge on any atom is -0.466 e. The van der Waals surface area contributed by atoms with Crippen LogP contribution in [0.1, 0.15) is 32.6 Å². The van der Waals surface area contributed by atoms with Crippen molar-refractivity contribution < 1.29 is 22.8 Å². The van der Waals surface area contributed by atoms with Gasteiger partial charge in [-0.25, -0.2) is 0 Å². The van der Waals surface area contributed by atoms with Gasteiger partial charge in [0.25, 0.3) is 0 Å². The van der Waals surface area contributed by atoms with Gasteiger partial charge in [0.1, 0.15) is 0 Å². The monoisotopic (exact) mass is 307 g/mol. The Bertz CT molecular complexity index is 241. The molecule has 0 saturated heterocycles. The minimum absolute atomic E-state index is 0.120. The van der Waals surface area contributed by atoms with Gasteiger partial charge in [-0.2, -0.15) is 0 Å². The number of unbranched alkanes of at least 4 members (excludes halogenated alkanes) is 1. The summed E-state index contributed by atoms with van der Waals surface area (Å²) in [7, 11) is 2.49. The van der Waals surface area contributed by atoms with E-state index in [1.807, 2.05) is 6.92 Å². The van der Waals surface area contributed by atoms with E-state index in [9.17, 15) is 4.79 Å². The zero-order chi connectivity index (χ0) is 15.3.